The monoisotopic (exact) mass is 373 g/mol. The van der Waals surface area contributed by atoms with Crippen molar-refractivity contribution in [3.8, 4) is 11.5 Å². The number of nitrogens with one attached hydrogen (secondary N) is 2. The first-order valence-electron chi connectivity index (χ1n) is 9.04. The van der Waals surface area contributed by atoms with Crippen LogP contribution in [-0.4, -0.2) is 56.9 Å². The fourth-order valence-corrected chi connectivity index (χ4v) is 3.89. The van der Waals surface area contributed by atoms with E-state index in [1.165, 1.54) is 0 Å². The molecule has 0 spiro atoms. The summed E-state index contributed by atoms with van der Waals surface area (Å²) in [6.07, 6.45) is 2.04. The predicted molar refractivity (Wildman–Crippen MR) is 96.5 cm³/mol. The summed E-state index contributed by atoms with van der Waals surface area (Å²) >= 11 is 0. The molecule has 2 N–H and O–H groups in total. The Bertz CT molecular complexity index is 801. The molecule has 0 bridgehead atoms. The number of nitrogens with zero attached hydrogens (tertiary/aromatic N) is 1. The highest BCUT2D eigenvalue weighted by Crippen LogP contribution is 2.36. The van der Waals surface area contributed by atoms with E-state index in [-0.39, 0.29) is 18.0 Å². The largest absolute Gasteiger partial charge is 0.493 e. The minimum atomic E-state index is -0.532. The highest BCUT2D eigenvalue weighted by Gasteiger charge is 2.41. The fourth-order valence-electron chi connectivity index (χ4n) is 3.89. The van der Waals surface area contributed by atoms with Crippen molar-refractivity contribution in [2.45, 2.75) is 25.0 Å². The van der Waals surface area contributed by atoms with E-state index in [0.29, 0.717) is 35.9 Å². The van der Waals surface area contributed by atoms with Crippen molar-refractivity contribution in [2.75, 3.05) is 33.9 Å². The lowest BCUT2D eigenvalue weighted by Gasteiger charge is -2.26. The Labute approximate surface area is 157 Å². The number of hydrogen-bond acceptors (Lipinski definition) is 5. The third-order valence-electron chi connectivity index (χ3n) is 5.21. The highest BCUT2D eigenvalue weighted by molar-refractivity contribution is 6.01. The topological polar surface area (TPSA) is 89.1 Å². The van der Waals surface area contributed by atoms with Crippen molar-refractivity contribution in [3.05, 3.63) is 35.0 Å². The fraction of sp³-hybridized carbons (Fsp3) is 0.474. The van der Waals surface area contributed by atoms with Gasteiger partial charge in [0.25, 0.3) is 5.91 Å². The van der Waals surface area contributed by atoms with Crippen LogP contribution in [0.15, 0.2) is 29.5 Å². The van der Waals surface area contributed by atoms with E-state index >= 15 is 0 Å². The van der Waals surface area contributed by atoms with Crippen LogP contribution in [0.3, 0.4) is 0 Å². The number of amides is 3. The number of hydrogen-bond donors (Lipinski definition) is 2. The molecule has 144 valence electrons. The van der Waals surface area contributed by atoms with E-state index in [2.05, 4.69) is 10.6 Å². The van der Waals surface area contributed by atoms with Gasteiger partial charge in [-0.15, -0.1) is 0 Å². The molecule has 0 aromatic heterocycles. The molecule has 1 aromatic carbocycles. The Balaban J connectivity index is 1.62. The lowest BCUT2D eigenvalue weighted by molar-refractivity contribution is -0.127. The molecule has 3 amide bonds. The smallest absolute Gasteiger partial charge is 0.319 e. The van der Waals surface area contributed by atoms with Gasteiger partial charge in [-0.2, -0.15) is 0 Å². The lowest BCUT2D eigenvalue weighted by Crippen LogP contribution is -2.44. The van der Waals surface area contributed by atoms with E-state index in [4.69, 9.17) is 14.2 Å². The lowest BCUT2D eigenvalue weighted by atomic mass is 9.96. The zero-order valence-corrected chi connectivity index (χ0v) is 15.4. The molecular formula is C19H23N3O5. The summed E-state index contributed by atoms with van der Waals surface area (Å²) in [5.74, 6) is 1.06. The van der Waals surface area contributed by atoms with Gasteiger partial charge in [-0.3, -0.25) is 4.79 Å². The normalized spacial score (nSPS) is 24.6. The Kier molecular flexibility index (Phi) is 4.65. The first-order valence-corrected chi connectivity index (χ1v) is 9.04. The molecule has 0 saturated carbocycles. The predicted octanol–water partition coefficient (Wildman–Crippen LogP) is 1.33. The summed E-state index contributed by atoms with van der Waals surface area (Å²) in [4.78, 5) is 27.0. The zero-order valence-electron chi connectivity index (χ0n) is 15.4. The summed E-state index contributed by atoms with van der Waals surface area (Å²) in [6.45, 7) is 1.68. The first-order chi connectivity index (χ1) is 13.1. The van der Waals surface area contributed by atoms with Gasteiger partial charge in [0.05, 0.1) is 44.2 Å². The maximum absolute atomic E-state index is 13.1. The summed E-state index contributed by atoms with van der Waals surface area (Å²) in [7, 11) is 3.12. The molecule has 0 unspecified atom stereocenters. The molecule has 3 aliphatic rings. The average Bonchev–Trinajstić information content (AvgIpc) is 3.29. The second-order valence-corrected chi connectivity index (χ2v) is 6.86. The number of ether oxygens (including phenoxy) is 3. The Hall–Kier alpha value is -2.74. The molecule has 3 heterocycles. The van der Waals surface area contributed by atoms with Gasteiger partial charge in [0, 0.05) is 13.2 Å². The van der Waals surface area contributed by atoms with Crippen LogP contribution in [0.5, 0.6) is 11.5 Å². The summed E-state index contributed by atoms with van der Waals surface area (Å²) in [5, 5.41) is 5.64. The van der Waals surface area contributed by atoms with E-state index in [1.54, 1.807) is 31.3 Å². The Morgan fingerprint density at radius 3 is 2.74 bits per heavy atom. The highest BCUT2D eigenvalue weighted by atomic mass is 16.5. The van der Waals surface area contributed by atoms with Gasteiger partial charge in [0.15, 0.2) is 11.5 Å². The third kappa shape index (κ3) is 3.21. The number of carbonyl (C=O) groups excluding carboxylic acids is 2. The molecule has 3 aliphatic heterocycles. The van der Waals surface area contributed by atoms with Gasteiger partial charge < -0.3 is 29.7 Å². The van der Waals surface area contributed by atoms with Crippen LogP contribution in [0.25, 0.3) is 0 Å². The van der Waals surface area contributed by atoms with E-state index in [1.807, 2.05) is 6.07 Å². The summed E-state index contributed by atoms with van der Waals surface area (Å²) in [5.41, 5.74) is 1.99. The van der Waals surface area contributed by atoms with E-state index < -0.39 is 6.04 Å². The molecule has 1 fully saturated rings. The summed E-state index contributed by atoms with van der Waals surface area (Å²) < 4.78 is 16.3. The molecular weight excluding hydrogens is 350 g/mol. The molecule has 1 aromatic rings. The molecule has 1 saturated heterocycles. The molecule has 0 aliphatic carbocycles. The standard InChI is InChI=1S/C19H23N3O5/c1-25-14-6-5-11(8-15(14)26-2)17-16-13(20-19(24)21-17)10-22(18(16)23)9-12-4-3-7-27-12/h5-6,8,12,17H,3-4,7,9-10H2,1-2H3,(H2,20,21,24)/t12-,17+/m1/s1. The van der Waals surface area contributed by atoms with Crippen molar-refractivity contribution in [1.82, 2.24) is 15.5 Å². The van der Waals surface area contributed by atoms with Gasteiger partial charge >= 0.3 is 6.03 Å². The van der Waals surface area contributed by atoms with Gasteiger partial charge in [-0.05, 0) is 30.5 Å². The number of urea groups is 1. The molecule has 4 rings (SSSR count). The number of benzene rings is 1. The van der Waals surface area contributed by atoms with Gasteiger partial charge in [0.1, 0.15) is 0 Å². The van der Waals surface area contributed by atoms with Crippen LogP contribution in [-0.2, 0) is 9.53 Å². The van der Waals surface area contributed by atoms with Crippen LogP contribution in [0.1, 0.15) is 24.4 Å². The molecule has 2 atom stereocenters. The maximum Gasteiger partial charge on any atom is 0.319 e. The average molecular weight is 373 g/mol. The molecule has 0 radical (unpaired) electrons. The van der Waals surface area contributed by atoms with Gasteiger partial charge in [-0.25, -0.2) is 4.79 Å². The number of carbonyl (C=O) groups is 2. The van der Waals surface area contributed by atoms with Gasteiger partial charge in [-0.1, -0.05) is 6.07 Å². The second kappa shape index (κ2) is 7.11. The zero-order chi connectivity index (χ0) is 19.0. The van der Waals surface area contributed by atoms with Crippen molar-refractivity contribution in [2.24, 2.45) is 0 Å². The third-order valence-corrected chi connectivity index (χ3v) is 5.21. The van der Waals surface area contributed by atoms with Crippen LogP contribution in [0, 0.1) is 0 Å². The van der Waals surface area contributed by atoms with Crippen molar-refractivity contribution < 1.29 is 23.8 Å². The minimum Gasteiger partial charge on any atom is -0.493 e. The SMILES string of the molecule is COc1ccc([C@@H]2NC(=O)NC3=C2C(=O)N(C[C@H]2CCCO2)C3)cc1OC. The molecule has 8 nitrogen and oxygen atoms in total. The maximum atomic E-state index is 13.1. The summed E-state index contributed by atoms with van der Waals surface area (Å²) in [6, 6.07) is 4.54. The quantitative estimate of drug-likeness (QED) is 0.813. The number of methoxy groups -OCH3 is 2. The van der Waals surface area contributed by atoms with Crippen LogP contribution >= 0.6 is 0 Å². The van der Waals surface area contributed by atoms with Crippen LogP contribution in [0.4, 0.5) is 4.79 Å². The van der Waals surface area contributed by atoms with Crippen LogP contribution in [0.2, 0.25) is 0 Å². The van der Waals surface area contributed by atoms with Crippen LogP contribution < -0.4 is 20.1 Å². The molecule has 8 heteroatoms. The van der Waals surface area contributed by atoms with Gasteiger partial charge in [0.2, 0.25) is 0 Å². The van der Waals surface area contributed by atoms with E-state index in [0.717, 1.165) is 25.0 Å². The molecule has 27 heavy (non-hydrogen) atoms. The Morgan fingerprint density at radius 2 is 2.04 bits per heavy atom. The second-order valence-electron chi connectivity index (χ2n) is 6.86. The first kappa shape index (κ1) is 17.7. The Morgan fingerprint density at radius 1 is 1.22 bits per heavy atom. The van der Waals surface area contributed by atoms with E-state index in [9.17, 15) is 9.59 Å². The van der Waals surface area contributed by atoms with Crippen molar-refractivity contribution >= 4 is 11.9 Å². The minimum absolute atomic E-state index is 0.0681. The van der Waals surface area contributed by atoms with Crippen molar-refractivity contribution in [1.29, 1.82) is 0 Å². The number of rotatable bonds is 5. The van der Waals surface area contributed by atoms with Crippen molar-refractivity contribution in [3.63, 3.8) is 0 Å².